The van der Waals surface area contributed by atoms with Crippen LogP contribution in [0.4, 0.5) is 4.79 Å². The van der Waals surface area contributed by atoms with Crippen molar-refractivity contribution in [1.29, 1.82) is 0 Å². The van der Waals surface area contributed by atoms with Gasteiger partial charge >= 0.3 is 6.03 Å². The predicted octanol–water partition coefficient (Wildman–Crippen LogP) is 0.472. The molecule has 5 N–H and O–H groups in total. The SMILES string of the molecule is NCC(NC(=O)CNC(=O)NC1CCCCC1)C1CC1. The van der Waals surface area contributed by atoms with Crippen LogP contribution in [0.1, 0.15) is 44.9 Å². The molecule has 114 valence electrons. The van der Waals surface area contributed by atoms with Crippen molar-refractivity contribution in [3.05, 3.63) is 0 Å². The van der Waals surface area contributed by atoms with Crippen molar-refractivity contribution >= 4 is 11.9 Å². The lowest BCUT2D eigenvalue weighted by molar-refractivity contribution is -0.120. The number of carbonyl (C=O) groups is 2. The molecule has 0 aromatic carbocycles. The van der Waals surface area contributed by atoms with Crippen molar-refractivity contribution in [1.82, 2.24) is 16.0 Å². The molecular weight excluding hydrogens is 256 g/mol. The molecule has 0 bridgehead atoms. The lowest BCUT2D eigenvalue weighted by atomic mass is 9.96. The number of urea groups is 1. The van der Waals surface area contributed by atoms with Gasteiger partial charge in [-0.15, -0.1) is 0 Å². The molecule has 1 unspecified atom stereocenters. The van der Waals surface area contributed by atoms with E-state index < -0.39 is 0 Å². The zero-order valence-electron chi connectivity index (χ0n) is 12.0. The molecule has 2 aliphatic rings. The highest BCUT2D eigenvalue weighted by atomic mass is 16.2. The van der Waals surface area contributed by atoms with Gasteiger partial charge in [0.2, 0.25) is 5.91 Å². The molecule has 0 radical (unpaired) electrons. The number of nitrogens with one attached hydrogen (secondary N) is 3. The van der Waals surface area contributed by atoms with Gasteiger partial charge in [0.15, 0.2) is 0 Å². The molecule has 2 fully saturated rings. The molecule has 0 saturated heterocycles. The Labute approximate surface area is 120 Å². The maximum Gasteiger partial charge on any atom is 0.315 e. The fourth-order valence-electron chi connectivity index (χ4n) is 2.77. The molecule has 1 atom stereocenters. The lowest BCUT2D eigenvalue weighted by Crippen LogP contribution is -2.49. The minimum atomic E-state index is -0.247. The summed E-state index contributed by atoms with van der Waals surface area (Å²) in [5.41, 5.74) is 5.63. The first-order chi connectivity index (χ1) is 9.69. The van der Waals surface area contributed by atoms with Gasteiger partial charge < -0.3 is 21.7 Å². The summed E-state index contributed by atoms with van der Waals surface area (Å²) < 4.78 is 0. The maximum atomic E-state index is 11.7. The number of hydrogen-bond acceptors (Lipinski definition) is 3. The molecule has 0 aromatic rings. The summed E-state index contributed by atoms with van der Waals surface area (Å²) in [5, 5.41) is 8.42. The highest BCUT2D eigenvalue weighted by Crippen LogP contribution is 2.32. The van der Waals surface area contributed by atoms with E-state index in [9.17, 15) is 9.59 Å². The van der Waals surface area contributed by atoms with Crippen molar-refractivity contribution in [2.75, 3.05) is 13.1 Å². The molecule has 2 rings (SSSR count). The van der Waals surface area contributed by atoms with Crippen LogP contribution in [0.15, 0.2) is 0 Å². The molecule has 3 amide bonds. The molecule has 0 spiro atoms. The monoisotopic (exact) mass is 282 g/mol. The van der Waals surface area contributed by atoms with Crippen molar-refractivity contribution in [3.8, 4) is 0 Å². The van der Waals surface area contributed by atoms with Gasteiger partial charge in [-0.25, -0.2) is 4.79 Å². The topological polar surface area (TPSA) is 96.2 Å². The standard InChI is InChI=1S/C14H26N4O2/c15-8-12(10-6-7-10)18-13(19)9-16-14(20)17-11-4-2-1-3-5-11/h10-12H,1-9,15H2,(H,18,19)(H2,16,17,20). The Morgan fingerprint density at radius 2 is 1.80 bits per heavy atom. The van der Waals surface area contributed by atoms with Crippen LogP contribution in [0.3, 0.4) is 0 Å². The van der Waals surface area contributed by atoms with Gasteiger partial charge in [-0.05, 0) is 31.6 Å². The van der Waals surface area contributed by atoms with E-state index in [1.54, 1.807) is 0 Å². The summed E-state index contributed by atoms with van der Waals surface area (Å²) >= 11 is 0. The molecule has 6 nitrogen and oxygen atoms in total. The highest BCUT2D eigenvalue weighted by molar-refractivity contribution is 5.84. The first-order valence-corrected chi connectivity index (χ1v) is 7.73. The summed E-state index contributed by atoms with van der Waals surface area (Å²) in [4.78, 5) is 23.4. The molecule has 6 heteroatoms. The van der Waals surface area contributed by atoms with Gasteiger partial charge in [-0.3, -0.25) is 4.79 Å². The van der Waals surface area contributed by atoms with Crippen LogP contribution in [0.5, 0.6) is 0 Å². The van der Waals surface area contributed by atoms with E-state index in [0.29, 0.717) is 12.5 Å². The molecule has 20 heavy (non-hydrogen) atoms. The van der Waals surface area contributed by atoms with Gasteiger partial charge in [0.1, 0.15) is 0 Å². The van der Waals surface area contributed by atoms with E-state index in [0.717, 1.165) is 25.7 Å². The van der Waals surface area contributed by atoms with E-state index in [-0.39, 0.29) is 30.6 Å². The minimum Gasteiger partial charge on any atom is -0.350 e. The summed E-state index contributed by atoms with van der Waals surface area (Å²) in [5.74, 6) is 0.367. The van der Waals surface area contributed by atoms with Gasteiger partial charge in [-0.2, -0.15) is 0 Å². The predicted molar refractivity (Wildman–Crippen MR) is 77.1 cm³/mol. The Morgan fingerprint density at radius 3 is 2.40 bits per heavy atom. The van der Waals surface area contributed by atoms with Crippen LogP contribution < -0.4 is 21.7 Å². The van der Waals surface area contributed by atoms with E-state index in [1.165, 1.54) is 19.3 Å². The zero-order chi connectivity index (χ0) is 14.4. The largest absolute Gasteiger partial charge is 0.350 e. The normalized spacial score (nSPS) is 21.1. The smallest absolute Gasteiger partial charge is 0.315 e. The molecular formula is C14H26N4O2. The number of carbonyl (C=O) groups excluding carboxylic acids is 2. The van der Waals surface area contributed by atoms with Crippen molar-refractivity contribution in [2.24, 2.45) is 11.7 Å². The van der Waals surface area contributed by atoms with Crippen LogP contribution in [-0.2, 0) is 4.79 Å². The van der Waals surface area contributed by atoms with Crippen LogP contribution in [-0.4, -0.2) is 37.1 Å². The average Bonchev–Trinajstić information content (AvgIpc) is 3.28. The van der Waals surface area contributed by atoms with Crippen molar-refractivity contribution in [2.45, 2.75) is 57.0 Å². The Bertz CT molecular complexity index is 338. The van der Waals surface area contributed by atoms with E-state index in [2.05, 4.69) is 16.0 Å². The van der Waals surface area contributed by atoms with Crippen LogP contribution in [0.25, 0.3) is 0 Å². The number of rotatable bonds is 6. The number of hydrogen-bond donors (Lipinski definition) is 4. The third-order valence-electron chi connectivity index (χ3n) is 4.14. The first-order valence-electron chi connectivity index (χ1n) is 7.73. The zero-order valence-corrected chi connectivity index (χ0v) is 12.0. The molecule has 0 heterocycles. The van der Waals surface area contributed by atoms with Gasteiger partial charge in [-0.1, -0.05) is 19.3 Å². The minimum absolute atomic E-state index is 0.0156. The Morgan fingerprint density at radius 1 is 1.10 bits per heavy atom. The molecule has 2 saturated carbocycles. The van der Waals surface area contributed by atoms with Crippen LogP contribution in [0.2, 0.25) is 0 Å². The Kier molecular flexibility index (Phi) is 5.64. The first kappa shape index (κ1) is 15.1. The lowest BCUT2D eigenvalue weighted by Gasteiger charge is -2.23. The van der Waals surface area contributed by atoms with Crippen molar-refractivity contribution in [3.63, 3.8) is 0 Å². The molecule has 2 aliphatic carbocycles. The number of amides is 3. The van der Waals surface area contributed by atoms with Gasteiger partial charge in [0.25, 0.3) is 0 Å². The second-order valence-electron chi connectivity index (χ2n) is 5.91. The average molecular weight is 282 g/mol. The fourth-order valence-corrected chi connectivity index (χ4v) is 2.77. The van der Waals surface area contributed by atoms with Crippen molar-refractivity contribution < 1.29 is 9.59 Å². The van der Waals surface area contributed by atoms with Crippen LogP contribution in [0, 0.1) is 5.92 Å². The quantitative estimate of drug-likeness (QED) is 0.570. The fraction of sp³-hybridized carbons (Fsp3) is 0.857. The molecule has 0 aliphatic heterocycles. The second-order valence-corrected chi connectivity index (χ2v) is 5.91. The second kappa shape index (κ2) is 7.47. The Balaban J connectivity index is 1.60. The summed E-state index contributed by atoms with van der Waals surface area (Å²) in [6.45, 7) is 0.479. The Hall–Kier alpha value is -1.30. The molecule has 0 aromatic heterocycles. The maximum absolute atomic E-state index is 11.7. The number of nitrogens with two attached hydrogens (primary N) is 1. The van der Waals surface area contributed by atoms with E-state index in [1.807, 2.05) is 0 Å². The summed E-state index contributed by atoms with van der Waals surface area (Å²) in [6.07, 6.45) is 7.95. The third kappa shape index (κ3) is 5.00. The highest BCUT2D eigenvalue weighted by Gasteiger charge is 2.31. The van der Waals surface area contributed by atoms with Crippen LogP contribution >= 0.6 is 0 Å². The van der Waals surface area contributed by atoms with Gasteiger partial charge in [0.05, 0.1) is 6.54 Å². The summed E-state index contributed by atoms with van der Waals surface area (Å²) in [7, 11) is 0. The van der Waals surface area contributed by atoms with E-state index in [4.69, 9.17) is 5.73 Å². The summed E-state index contributed by atoms with van der Waals surface area (Å²) in [6, 6.07) is 0.0727. The van der Waals surface area contributed by atoms with Gasteiger partial charge in [0, 0.05) is 18.6 Å². The third-order valence-corrected chi connectivity index (χ3v) is 4.14. The van der Waals surface area contributed by atoms with E-state index >= 15 is 0 Å².